The largest absolute Gasteiger partial charge is 0.334 e. The van der Waals surface area contributed by atoms with Crippen LogP contribution < -0.4 is 0 Å². The monoisotopic (exact) mass is 424 g/mol. The van der Waals surface area contributed by atoms with Gasteiger partial charge in [-0.05, 0) is 50.1 Å². The lowest BCUT2D eigenvalue weighted by atomic mass is 10.2. The molecule has 9 heteroatoms. The topological polar surface area (TPSA) is 82.5 Å². The van der Waals surface area contributed by atoms with Gasteiger partial charge in [0.05, 0.1) is 5.25 Å². The van der Waals surface area contributed by atoms with Crippen molar-refractivity contribution in [3.63, 3.8) is 0 Å². The first-order valence-corrected chi connectivity index (χ1v) is 10.6. The van der Waals surface area contributed by atoms with Gasteiger partial charge in [-0.2, -0.15) is 4.98 Å². The average molecular weight is 425 g/mol. The molecule has 0 spiro atoms. The summed E-state index contributed by atoms with van der Waals surface area (Å²) in [6.07, 6.45) is 5.84. The smallest absolute Gasteiger partial charge is 0.258 e. The summed E-state index contributed by atoms with van der Waals surface area (Å²) in [6.45, 7) is 2.03. The molecule has 1 atom stereocenters. The minimum atomic E-state index is -0.0462. The Hall–Kier alpha value is -2.71. The number of thioether (sulfide) groups is 1. The van der Waals surface area contributed by atoms with E-state index in [0.717, 1.165) is 34.9 Å². The first-order valence-electron chi connectivity index (χ1n) is 9.30. The van der Waals surface area contributed by atoms with Crippen molar-refractivity contribution in [3.8, 4) is 22.8 Å². The Kier molecular flexibility index (Phi) is 4.81. The van der Waals surface area contributed by atoms with Crippen molar-refractivity contribution in [2.45, 2.75) is 36.2 Å². The van der Waals surface area contributed by atoms with Crippen LogP contribution in [0.3, 0.4) is 0 Å². The molecule has 29 heavy (non-hydrogen) atoms. The summed E-state index contributed by atoms with van der Waals surface area (Å²) in [4.78, 5) is 8.76. The summed E-state index contributed by atoms with van der Waals surface area (Å²) in [5.41, 5.74) is 1.77. The Labute approximate surface area is 176 Å². The van der Waals surface area contributed by atoms with Gasteiger partial charge in [0.15, 0.2) is 16.8 Å². The SMILES string of the molecule is CC(Sc1nnc(-c2cccnc2)n1C1CC1)c1noc(-c2cccc(Cl)c2)n1. The van der Waals surface area contributed by atoms with Crippen LogP contribution in [0.25, 0.3) is 22.8 Å². The van der Waals surface area contributed by atoms with Gasteiger partial charge in [0, 0.05) is 34.6 Å². The third kappa shape index (κ3) is 3.77. The summed E-state index contributed by atoms with van der Waals surface area (Å²) >= 11 is 7.64. The van der Waals surface area contributed by atoms with Crippen LogP contribution in [0.4, 0.5) is 0 Å². The third-order valence-electron chi connectivity index (χ3n) is 4.66. The summed E-state index contributed by atoms with van der Waals surface area (Å²) in [6, 6.07) is 11.7. The Bertz CT molecular complexity index is 1140. The van der Waals surface area contributed by atoms with Gasteiger partial charge in [-0.3, -0.25) is 9.55 Å². The average Bonchev–Trinajstić information content (AvgIpc) is 3.29. The number of rotatable bonds is 6. The zero-order valence-corrected chi connectivity index (χ0v) is 17.1. The highest BCUT2D eigenvalue weighted by atomic mass is 35.5. The second-order valence-electron chi connectivity index (χ2n) is 6.88. The molecule has 4 aromatic rings. The molecule has 0 saturated heterocycles. The van der Waals surface area contributed by atoms with E-state index in [1.54, 1.807) is 24.0 Å². The fourth-order valence-corrected chi connectivity index (χ4v) is 4.21. The van der Waals surface area contributed by atoms with E-state index < -0.39 is 0 Å². The van der Waals surface area contributed by atoms with Crippen LogP contribution in [-0.2, 0) is 0 Å². The Balaban J connectivity index is 1.40. The molecule has 1 aromatic carbocycles. The minimum Gasteiger partial charge on any atom is -0.334 e. The van der Waals surface area contributed by atoms with Crippen molar-refractivity contribution in [3.05, 3.63) is 59.6 Å². The van der Waals surface area contributed by atoms with Crippen molar-refractivity contribution in [2.24, 2.45) is 0 Å². The highest BCUT2D eigenvalue weighted by Crippen LogP contribution is 2.43. The molecule has 146 valence electrons. The maximum absolute atomic E-state index is 6.06. The van der Waals surface area contributed by atoms with Gasteiger partial charge in [-0.1, -0.05) is 34.6 Å². The fourth-order valence-electron chi connectivity index (χ4n) is 3.06. The predicted molar refractivity (Wildman–Crippen MR) is 111 cm³/mol. The van der Waals surface area contributed by atoms with Crippen molar-refractivity contribution in [2.75, 3.05) is 0 Å². The Morgan fingerprint density at radius 1 is 1.17 bits per heavy atom. The van der Waals surface area contributed by atoms with Gasteiger partial charge in [0.2, 0.25) is 0 Å². The van der Waals surface area contributed by atoms with Crippen molar-refractivity contribution < 1.29 is 4.52 Å². The molecule has 5 rings (SSSR count). The molecule has 1 aliphatic carbocycles. The molecule has 0 bridgehead atoms. The second kappa shape index (κ2) is 7.61. The van der Waals surface area contributed by atoms with Crippen LogP contribution in [-0.4, -0.2) is 29.9 Å². The predicted octanol–water partition coefficient (Wildman–Crippen LogP) is 5.23. The number of hydrogen-bond donors (Lipinski definition) is 0. The molecule has 3 aromatic heterocycles. The summed E-state index contributed by atoms with van der Waals surface area (Å²) in [7, 11) is 0. The molecule has 7 nitrogen and oxygen atoms in total. The van der Waals surface area contributed by atoms with Gasteiger partial charge in [0.1, 0.15) is 0 Å². The Morgan fingerprint density at radius 3 is 2.79 bits per heavy atom. The lowest BCUT2D eigenvalue weighted by molar-refractivity contribution is 0.423. The zero-order chi connectivity index (χ0) is 19.8. The van der Waals surface area contributed by atoms with E-state index in [1.807, 2.05) is 43.5 Å². The van der Waals surface area contributed by atoms with Crippen LogP contribution in [0.1, 0.15) is 36.9 Å². The lowest BCUT2D eigenvalue weighted by Gasteiger charge is -2.10. The highest BCUT2D eigenvalue weighted by molar-refractivity contribution is 7.99. The third-order valence-corrected chi connectivity index (χ3v) is 5.94. The van der Waals surface area contributed by atoms with E-state index in [1.165, 1.54) is 0 Å². The van der Waals surface area contributed by atoms with Gasteiger partial charge < -0.3 is 4.52 Å². The van der Waals surface area contributed by atoms with Crippen LogP contribution >= 0.6 is 23.4 Å². The van der Waals surface area contributed by atoms with E-state index in [4.69, 9.17) is 16.1 Å². The molecule has 0 amide bonds. The normalized spacial score (nSPS) is 14.8. The molecule has 3 heterocycles. The molecule has 0 N–H and O–H groups in total. The molecule has 1 aliphatic rings. The molecule has 1 fully saturated rings. The van der Waals surface area contributed by atoms with Gasteiger partial charge in [-0.15, -0.1) is 10.2 Å². The molecule has 1 saturated carbocycles. The van der Waals surface area contributed by atoms with Crippen LogP contribution in [0.2, 0.25) is 5.02 Å². The van der Waals surface area contributed by atoms with Crippen molar-refractivity contribution >= 4 is 23.4 Å². The standard InChI is InChI=1S/C20H17ClN6OS/c1-12(17-23-19(28-26-17)13-4-2-6-15(21)10-13)29-20-25-24-18(27(20)16-7-8-16)14-5-3-9-22-11-14/h2-6,9-12,16H,7-8H2,1H3. The number of benzene rings is 1. The van der Waals surface area contributed by atoms with E-state index in [0.29, 0.717) is 22.8 Å². The van der Waals surface area contributed by atoms with Crippen LogP contribution in [0.5, 0.6) is 0 Å². The minimum absolute atomic E-state index is 0.0462. The molecular weight excluding hydrogens is 408 g/mol. The van der Waals surface area contributed by atoms with E-state index in [-0.39, 0.29) is 5.25 Å². The van der Waals surface area contributed by atoms with Crippen molar-refractivity contribution in [1.82, 2.24) is 29.9 Å². The van der Waals surface area contributed by atoms with Gasteiger partial charge >= 0.3 is 0 Å². The second-order valence-corrected chi connectivity index (χ2v) is 8.62. The lowest BCUT2D eigenvalue weighted by Crippen LogP contribution is -2.01. The zero-order valence-electron chi connectivity index (χ0n) is 15.6. The van der Waals surface area contributed by atoms with Gasteiger partial charge in [-0.25, -0.2) is 0 Å². The highest BCUT2D eigenvalue weighted by Gasteiger charge is 2.31. The van der Waals surface area contributed by atoms with Crippen molar-refractivity contribution in [1.29, 1.82) is 0 Å². The van der Waals surface area contributed by atoms with E-state index in [2.05, 4.69) is 29.9 Å². The number of aromatic nitrogens is 6. The van der Waals surface area contributed by atoms with Gasteiger partial charge in [0.25, 0.3) is 5.89 Å². The quantitative estimate of drug-likeness (QED) is 0.392. The molecule has 0 aliphatic heterocycles. The van der Waals surface area contributed by atoms with E-state index >= 15 is 0 Å². The first-order chi connectivity index (χ1) is 14.2. The number of pyridine rings is 1. The number of nitrogens with zero attached hydrogens (tertiary/aromatic N) is 6. The Morgan fingerprint density at radius 2 is 2.03 bits per heavy atom. The summed E-state index contributed by atoms with van der Waals surface area (Å²) < 4.78 is 7.65. The first kappa shape index (κ1) is 18.3. The molecule has 1 unspecified atom stereocenters. The van der Waals surface area contributed by atoms with Crippen LogP contribution in [0, 0.1) is 0 Å². The fraction of sp³-hybridized carbons (Fsp3) is 0.250. The maximum atomic E-state index is 6.06. The number of hydrogen-bond acceptors (Lipinski definition) is 7. The summed E-state index contributed by atoms with van der Waals surface area (Å²) in [5.74, 6) is 1.91. The van der Waals surface area contributed by atoms with E-state index in [9.17, 15) is 0 Å². The molecular formula is C20H17ClN6OS. The van der Waals surface area contributed by atoms with Crippen LogP contribution in [0.15, 0.2) is 58.5 Å². The number of halogens is 1. The summed E-state index contributed by atoms with van der Waals surface area (Å²) in [5, 5.41) is 14.5. The maximum Gasteiger partial charge on any atom is 0.258 e. The molecule has 0 radical (unpaired) electrons.